The molecule has 0 aliphatic rings. The summed E-state index contributed by atoms with van der Waals surface area (Å²) in [6.07, 6.45) is 1.86. The molecule has 1 rings (SSSR count). The maximum Gasteiger partial charge on any atom is 0.191 e. The van der Waals surface area contributed by atoms with Gasteiger partial charge in [0.05, 0.1) is 4.75 Å². The standard InChI is InChI=1S/C15H24FN3O2S/c1-15(2,22(4,20)21)11-19-14(17-3)18-9-8-12-6-5-7-13(16)10-12/h5-7,10H,8-9,11H2,1-4H3,(H2,17,18,19). The third kappa shape index (κ3) is 5.63. The average molecular weight is 329 g/mol. The van der Waals surface area contributed by atoms with Crippen molar-refractivity contribution in [2.75, 3.05) is 26.4 Å². The molecule has 5 nitrogen and oxygen atoms in total. The minimum absolute atomic E-state index is 0.255. The second-order valence-electron chi connectivity index (χ2n) is 5.76. The molecule has 7 heteroatoms. The first-order valence-corrected chi connectivity index (χ1v) is 8.93. The van der Waals surface area contributed by atoms with Gasteiger partial charge in [-0.3, -0.25) is 4.99 Å². The Bertz CT molecular complexity index is 627. The number of halogens is 1. The molecule has 0 aliphatic carbocycles. The third-order valence-electron chi connectivity index (χ3n) is 3.50. The summed E-state index contributed by atoms with van der Waals surface area (Å²) in [5.41, 5.74) is 0.888. The molecule has 0 amide bonds. The number of sulfone groups is 1. The number of hydrogen-bond donors (Lipinski definition) is 2. The van der Waals surface area contributed by atoms with E-state index in [1.807, 2.05) is 6.07 Å². The van der Waals surface area contributed by atoms with Gasteiger partial charge in [-0.15, -0.1) is 0 Å². The van der Waals surface area contributed by atoms with Crippen molar-refractivity contribution >= 4 is 15.8 Å². The molecule has 0 aromatic heterocycles. The molecule has 0 aliphatic heterocycles. The van der Waals surface area contributed by atoms with Gasteiger partial charge in [-0.25, -0.2) is 12.8 Å². The van der Waals surface area contributed by atoms with Gasteiger partial charge in [-0.05, 0) is 38.0 Å². The molecule has 0 saturated carbocycles. The van der Waals surface area contributed by atoms with Crippen molar-refractivity contribution < 1.29 is 12.8 Å². The van der Waals surface area contributed by atoms with Crippen LogP contribution < -0.4 is 10.6 Å². The van der Waals surface area contributed by atoms with Gasteiger partial charge in [0.2, 0.25) is 0 Å². The Balaban J connectivity index is 2.47. The van der Waals surface area contributed by atoms with Gasteiger partial charge >= 0.3 is 0 Å². The van der Waals surface area contributed by atoms with Crippen LogP contribution in [0.25, 0.3) is 0 Å². The summed E-state index contributed by atoms with van der Waals surface area (Å²) in [5, 5.41) is 6.08. The molecule has 1 aromatic carbocycles. The SMILES string of the molecule is CN=C(NCCc1cccc(F)c1)NCC(C)(C)S(C)(=O)=O. The van der Waals surface area contributed by atoms with Gasteiger partial charge in [0.15, 0.2) is 15.8 Å². The van der Waals surface area contributed by atoms with E-state index in [9.17, 15) is 12.8 Å². The number of nitrogens with one attached hydrogen (secondary N) is 2. The summed E-state index contributed by atoms with van der Waals surface area (Å²) in [7, 11) is -1.55. The highest BCUT2D eigenvalue weighted by atomic mass is 32.2. The minimum atomic E-state index is -3.16. The molecule has 0 atom stereocenters. The van der Waals surface area contributed by atoms with Crippen LogP contribution >= 0.6 is 0 Å². The molecule has 0 fully saturated rings. The van der Waals surface area contributed by atoms with Gasteiger partial charge in [0.25, 0.3) is 0 Å². The topological polar surface area (TPSA) is 70.6 Å². The fourth-order valence-electron chi connectivity index (χ4n) is 1.67. The van der Waals surface area contributed by atoms with Gasteiger partial charge in [0.1, 0.15) is 5.82 Å². The van der Waals surface area contributed by atoms with Crippen molar-refractivity contribution in [1.29, 1.82) is 0 Å². The van der Waals surface area contributed by atoms with E-state index in [4.69, 9.17) is 0 Å². The van der Waals surface area contributed by atoms with Crippen molar-refractivity contribution in [3.63, 3.8) is 0 Å². The zero-order valence-electron chi connectivity index (χ0n) is 13.5. The molecule has 0 unspecified atom stereocenters. The third-order valence-corrected chi connectivity index (χ3v) is 5.66. The van der Waals surface area contributed by atoms with Crippen molar-refractivity contribution in [3.05, 3.63) is 35.6 Å². The van der Waals surface area contributed by atoms with Gasteiger partial charge in [-0.1, -0.05) is 12.1 Å². The second kappa shape index (κ2) is 7.58. The Hall–Kier alpha value is -1.63. The zero-order valence-corrected chi connectivity index (χ0v) is 14.3. The summed E-state index contributed by atoms with van der Waals surface area (Å²) in [6.45, 7) is 4.15. The van der Waals surface area contributed by atoms with Crippen LogP contribution in [0, 0.1) is 5.82 Å². The first-order valence-electron chi connectivity index (χ1n) is 7.04. The van der Waals surface area contributed by atoms with Crippen LogP contribution in [0.4, 0.5) is 4.39 Å². The maximum absolute atomic E-state index is 13.1. The van der Waals surface area contributed by atoms with Crippen LogP contribution in [0.3, 0.4) is 0 Å². The lowest BCUT2D eigenvalue weighted by Gasteiger charge is -2.24. The molecule has 0 bridgehead atoms. The summed E-state index contributed by atoms with van der Waals surface area (Å²) in [4.78, 5) is 4.05. The van der Waals surface area contributed by atoms with Crippen molar-refractivity contribution in [2.24, 2.45) is 4.99 Å². The van der Waals surface area contributed by atoms with Crippen LogP contribution in [-0.4, -0.2) is 45.5 Å². The van der Waals surface area contributed by atoms with Gasteiger partial charge < -0.3 is 10.6 Å². The summed E-state index contributed by atoms with van der Waals surface area (Å²) in [5.74, 6) is 0.267. The Morgan fingerprint density at radius 2 is 2.00 bits per heavy atom. The van der Waals surface area contributed by atoms with E-state index in [0.29, 0.717) is 18.9 Å². The average Bonchev–Trinajstić information content (AvgIpc) is 2.41. The first-order chi connectivity index (χ1) is 10.2. The van der Waals surface area contributed by atoms with Gasteiger partial charge in [-0.2, -0.15) is 0 Å². The Labute approximate surface area is 132 Å². The van der Waals surface area contributed by atoms with Crippen molar-refractivity contribution in [3.8, 4) is 0 Å². The van der Waals surface area contributed by atoms with E-state index < -0.39 is 14.6 Å². The molecule has 1 aromatic rings. The fraction of sp³-hybridized carbons (Fsp3) is 0.533. The van der Waals surface area contributed by atoms with E-state index in [2.05, 4.69) is 15.6 Å². The minimum Gasteiger partial charge on any atom is -0.356 e. The molecule has 22 heavy (non-hydrogen) atoms. The number of hydrogen-bond acceptors (Lipinski definition) is 3. The number of benzene rings is 1. The van der Waals surface area contributed by atoms with Gasteiger partial charge in [0, 0.05) is 26.4 Å². The number of guanidine groups is 1. The molecule has 0 heterocycles. The van der Waals surface area contributed by atoms with Crippen LogP contribution in [0.15, 0.2) is 29.3 Å². The Kier molecular flexibility index (Phi) is 6.34. The Morgan fingerprint density at radius 3 is 2.55 bits per heavy atom. The normalized spacial score (nSPS) is 13.0. The molecule has 0 radical (unpaired) electrons. The van der Waals surface area contributed by atoms with Crippen molar-refractivity contribution in [2.45, 2.75) is 25.0 Å². The summed E-state index contributed by atoms with van der Waals surface area (Å²) < 4.78 is 35.5. The highest BCUT2D eigenvalue weighted by Crippen LogP contribution is 2.13. The molecule has 2 N–H and O–H groups in total. The predicted octanol–water partition coefficient (Wildman–Crippen LogP) is 1.36. The molecule has 124 valence electrons. The molecule has 0 spiro atoms. The summed E-state index contributed by atoms with van der Waals surface area (Å²) >= 11 is 0. The van der Waals surface area contributed by atoms with E-state index >= 15 is 0 Å². The van der Waals surface area contributed by atoms with Crippen molar-refractivity contribution in [1.82, 2.24) is 10.6 Å². The van der Waals surface area contributed by atoms with E-state index in [0.717, 1.165) is 5.56 Å². The lowest BCUT2D eigenvalue weighted by Crippen LogP contribution is -2.48. The van der Waals surface area contributed by atoms with E-state index in [1.54, 1.807) is 27.0 Å². The fourth-order valence-corrected chi connectivity index (χ4v) is 2.00. The zero-order chi connectivity index (χ0) is 16.8. The largest absolute Gasteiger partial charge is 0.356 e. The summed E-state index contributed by atoms with van der Waals surface area (Å²) in [6, 6.07) is 6.43. The highest BCUT2D eigenvalue weighted by Gasteiger charge is 2.30. The second-order valence-corrected chi connectivity index (χ2v) is 8.41. The lowest BCUT2D eigenvalue weighted by atomic mass is 10.1. The molecular formula is C15H24FN3O2S. The van der Waals surface area contributed by atoms with E-state index in [-0.39, 0.29) is 12.4 Å². The highest BCUT2D eigenvalue weighted by molar-refractivity contribution is 7.92. The quantitative estimate of drug-likeness (QED) is 0.611. The lowest BCUT2D eigenvalue weighted by molar-refractivity contribution is 0.544. The van der Waals surface area contributed by atoms with Crippen LogP contribution in [-0.2, 0) is 16.3 Å². The maximum atomic E-state index is 13.1. The van der Waals surface area contributed by atoms with Crippen LogP contribution in [0.2, 0.25) is 0 Å². The monoisotopic (exact) mass is 329 g/mol. The number of aliphatic imine (C=N–C) groups is 1. The Morgan fingerprint density at radius 1 is 1.32 bits per heavy atom. The van der Waals surface area contributed by atoms with Crippen LogP contribution in [0.1, 0.15) is 19.4 Å². The predicted molar refractivity (Wildman–Crippen MR) is 88.4 cm³/mol. The molecule has 0 saturated heterocycles. The molecular weight excluding hydrogens is 305 g/mol. The number of rotatable bonds is 6. The number of nitrogens with zero attached hydrogens (tertiary/aromatic N) is 1. The smallest absolute Gasteiger partial charge is 0.191 e. The van der Waals surface area contributed by atoms with E-state index in [1.165, 1.54) is 18.4 Å². The van der Waals surface area contributed by atoms with Crippen LogP contribution in [0.5, 0.6) is 0 Å². The first kappa shape index (κ1) is 18.4.